The fourth-order valence-electron chi connectivity index (χ4n) is 3.72. The quantitative estimate of drug-likeness (QED) is 0.560. The number of nitrogens with one attached hydrogen (secondary N) is 1. The molecule has 132 valence electrons. The van der Waals surface area contributed by atoms with E-state index in [2.05, 4.69) is 26.1 Å². The third kappa shape index (κ3) is 3.78. The molecule has 1 aromatic heterocycles. The molecule has 4 heteroatoms. The van der Waals surface area contributed by atoms with Crippen molar-refractivity contribution < 1.29 is 14.3 Å². The maximum absolute atomic E-state index is 10.7. The summed E-state index contributed by atoms with van der Waals surface area (Å²) in [6.07, 6.45) is 6.23. The Morgan fingerprint density at radius 2 is 2.20 bits per heavy atom. The number of carbonyl (C=O) groups is 1. The van der Waals surface area contributed by atoms with E-state index in [1.165, 1.54) is 36.5 Å². The predicted octanol–water partition coefficient (Wildman–Crippen LogP) is 5.47. The van der Waals surface area contributed by atoms with E-state index in [0.717, 1.165) is 29.3 Å². The largest absolute Gasteiger partial charge is 0.478 e. The molecule has 1 aromatic carbocycles. The molecule has 3 rings (SSSR count). The normalized spacial score (nSPS) is 17.4. The lowest BCUT2D eigenvalue weighted by molar-refractivity contribution is -0.131. The Kier molecular flexibility index (Phi) is 4.71. The second-order valence-electron chi connectivity index (χ2n) is 7.39. The van der Waals surface area contributed by atoms with E-state index in [1.54, 1.807) is 0 Å². The molecule has 1 heterocycles. The average molecular weight is 339 g/mol. The van der Waals surface area contributed by atoms with Gasteiger partial charge in [0.15, 0.2) is 0 Å². The molecule has 2 N–H and O–H groups in total. The van der Waals surface area contributed by atoms with Crippen molar-refractivity contribution in [3.63, 3.8) is 0 Å². The zero-order chi connectivity index (χ0) is 18.0. The first-order valence-corrected chi connectivity index (χ1v) is 8.73. The van der Waals surface area contributed by atoms with Crippen LogP contribution in [0.2, 0.25) is 0 Å². The van der Waals surface area contributed by atoms with Crippen LogP contribution in [-0.4, -0.2) is 17.6 Å². The summed E-state index contributed by atoms with van der Waals surface area (Å²) in [6.45, 7) is 7.70. The molecule has 1 aliphatic carbocycles. The van der Waals surface area contributed by atoms with Crippen LogP contribution in [0.5, 0.6) is 0 Å². The van der Waals surface area contributed by atoms with Crippen LogP contribution in [0.3, 0.4) is 0 Å². The second kappa shape index (κ2) is 6.79. The standard InChI is InChI=1S/C21H25NO3/c1-14-6-5-11-21(2,3)17(14)13-22-18-7-4-8-19-16(18)12-15(25-19)9-10-20(23)24/h4,7-10,12,22H,5-6,11,13H2,1-3H3,(H,23,24)/b10-9+. The minimum atomic E-state index is -0.985. The average Bonchev–Trinajstić information content (AvgIpc) is 2.95. The maximum Gasteiger partial charge on any atom is 0.328 e. The van der Waals surface area contributed by atoms with Crippen molar-refractivity contribution in [3.8, 4) is 0 Å². The van der Waals surface area contributed by atoms with Crippen molar-refractivity contribution in [1.82, 2.24) is 0 Å². The van der Waals surface area contributed by atoms with Crippen molar-refractivity contribution in [1.29, 1.82) is 0 Å². The van der Waals surface area contributed by atoms with Gasteiger partial charge in [-0.3, -0.25) is 0 Å². The van der Waals surface area contributed by atoms with Crippen LogP contribution in [0, 0.1) is 5.41 Å². The highest BCUT2D eigenvalue weighted by atomic mass is 16.4. The van der Waals surface area contributed by atoms with Crippen LogP contribution in [0.25, 0.3) is 17.0 Å². The summed E-state index contributed by atoms with van der Waals surface area (Å²) in [5.41, 5.74) is 4.98. The summed E-state index contributed by atoms with van der Waals surface area (Å²) in [5.74, 6) is -0.444. The summed E-state index contributed by atoms with van der Waals surface area (Å²) < 4.78 is 5.71. The second-order valence-corrected chi connectivity index (χ2v) is 7.39. The molecule has 0 saturated heterocycles. The van der Waals surface area contributed by atoms with E-state index in [4.69, 9.17) is 9.52 Å². The number of fused-ring (bicyclic) bond motifs is 1. The van der Waals surface area contributed by atoms with Crippen molar-refractivity contribution in [2.75, 3.05) is 11.9 Å². The highest BCUT2D eigenvalue weighted by molar-refractivity contribution is 5.93. The number of carboxylic acid groups (broad SMARTS) is 1. The van der Waals surface area contributed by atoms with Crippen molar-refractivity contribution in [3.05, 3.63) is 47.2 Å². The van der Waals surface area contributed by atoms with E-state index in [-0.39, 0.29) is 5.41 Å². The topological polar surface area (TPSA) is 62.5 Å². The number of hydrogen-bond donors (Lipinski definition) is 2. The third-order valence-corrected chi connectivity index (χ3v) is 5.11. The molecule has 0 fully saturated rings. The van der Waals surface area contributed by atoms with Crippen LogP contribution in [-0.2, 0) is 4.79 Å². The highest BCUT2D eigenvalue weighted by Gasteiger charge is 2.28. The molecule has 0 saturated carbocycles. The third-order valence-electron chi connectivity index (χ3n) is 5.11. The van der Waals surface area contributed by atoms with Gasteiger partial charge in [-0.1, -0.05) is 25.5 Å². The summed E-state index contributed by atoms with van der Waals surface area (Å²) in [7, 11) is 0. The minimum absolute atomic E-state index is 0.231. The Balaban J connectivity index is 1.85. The van der Waals surface area contributed by atoms with Crippen molar-refractivity contribution in [2.45, 2.75) is 40.0 Å². The number of aliphatic carboxylic acids is 1. The van der Waals surface area contributed by atoms with Gasteiger partial charge in [0.2, 0.25) is 0 Å². The number of allylic oxidation sites excluding steroid dienone is 1. The van der Waals surface area contributed by atoms with Crippen LogP contribution < -0.4 is 5.32 Å². The molecule has 25 heavy (non-hydrogen) atoms. The van der Waals surface area contributed by atoms with Crippen molar-refractivity contribution >= 4 is 28.7 Å². The first-order valence-electron chi connectivity index (χ1n) is 8.73. The lowest BCUT2D eigenvalue weighted by atomic mass is 9.73. The van der Waals surface area contributed by atoms with Gasteiger partial charge < -0.3 is 14.8 Å². The molecule has 1 aliphatic rings. The van der Waals surface area contributed by atoms with Gasteiger partial charge in [0.25, 0.3) is 0 Å². The zero-order valence-electron chi connectivity index (χ0n) is 15.1. The van der Waals surface area contributed by atoms with Crippen LogP contribution in [0.1, 0.15) is 45.8 Å². The summed E-state index contributed by atoms with van der Waals surface area (Å²) in [5, 5.41) is 13.3. The van der Waals surface area contributed by atoms with Gasteiger partial charge in [-0.05, 0) is 61.4 Å². The number of rotatable bonds is 5. The number of benzene rings is 1. The molecule has 0 atom stereocenters. The lowest BCUT2D eigenvalue weighted by Gasteiger charge is -2.35. The van der Waals surface area contributed by atoms with E-state index in [1.807, 2.05) is 24.3 Å². The zero-order valence-corrected chi connectivity index (χ0v) is 15.1. The van der Waals surface area contributed by atoms with Gasteiger partial charge >= 0.3 is 5.97 Å². The molecule has 0 amide bonds. The molecule has 2 aromatic rings. The lowest BCUT2D eigenvalue weighted by Crippen LogP contribution is -2.25. The maximum atomic E-state index is 10.7. The van der Waals surface area contributed by atoms with Crippen LogP contribution in [0.15, 0.2) is 45.9 Å². The molecule has 0 radical (unpaired) electrons. The van der Waals surface area contributed by atoms with E-state index >= 15 is 0 Å². The molecule has 0 unspecified atom stereocenters. The van der Waals surface area contributed by atoms with Gasteiger partial charge in [0, 0.05) is 23.7 Å². The summed E-state index contributed by atoms with van der Waals surface area (Å²) in [4.78, 5) is 10.7. The van der Waals surface area contributed by atoms with E-state index in [9.17, 15) is 4.79 Å². The molecular weight excluding hydrogens is 314 g/mol. The Morgan fingerprint density at radius 1 is 1.40 bits per heavy atom. The first-order chi connectivity index (χ1) is 11.9. The Bertz CT molecular complexity index is 855. The Hall–Kier alpha value is -2.49. The first kappa shape index (κ1) is 17.3. The van der Waals surface area contributed by atoms with E-state index in [0.29, 0.717) is 5.76 Å². The molecule has 0 spiro atoms. The summed E-state index contributed by atoms with van der Waals surface area (Å²) in [6, 6.07) is 7.76. The van der Waals surface area contributed by atoms with Gasteiger partial charge in [0.1, 0.15) is 11.3 Å². The Morgan fingerprint density at radius 3 is 2.92 bits per heavy atom. The number of furan rings is 1. The molecule has 4 nitrogen and oxygen atoms in total. The van der Waals surface area contributed by atoms with Crippen molar-refractivity contribution in [2.24, 2.45) is 5.41 Å². The molecule has 0 bridgehead atoms. The minimum Gasteiger partial charge on any atom is -0.478 e. The molecule has 0 aliphatic heterocycles. The van der Waals surface area contributed by atoms with Gasteiger partial charge in [0.05, 0.1) is 0 Å². The number of hydrogen-bond acceptors (Lipinski definition) is 3. The molecular formula is C21H25NO3. The smallest absolute Gasteiger partial charge is 0.328 e. The fraction of sp³-hybridized carbons (Fsp3) is 0.381. The SMILES string of the molecule is CC1=C(CNc2cccc3oc(/C=C/C(=O)O)cc23)C(C)(C)CCC1. The van der Waals surface area contributed by atoms with Crippen LogP contribution in [0.4, 0.5) is 5.69 Å². The van der Waals surface area contributed by atoms with E-state index < -0.39 is 5.97 Å². The van der Waals surface area contributed by atoms with Gasteiger partial charge in [-0.2, -0.15) is 0 Å². The highest BCUT2D eigenvalue weighted by Crippen LogP contribution is 2.40. The monoisotopic (exact) mass is 339 g/mol. The summed E-state index contributed by atoms with van der Waals surface area (Å²) >= 11 is 0. The van der Waals surface area contributed by atoms with Gasteiger partial charge in [-0.25, -0.2) is 4.79 Å². The number of carboxylic acids is 1. The number of anilines is 1. The fourth-order valence-corrected chi connectivity index (χ4v) is 3.72. The Labute approximate surface area is 148 Å². The van der Waals surface area contributed by atoms with Gasteiger partial charge in [-0.15, -0.1) is 0 Å². The predicted molar refractivity (Wildman–Crippen MR) is 102 cm³/mol. The van der Waals surface area contributed by atoms with Crippen LogP contribution >= 0.6 is 0 Å².